The van der Waals surface area contributed by atoms with Crippen molar-refractivity contribution in [3.63, 3.8) is 0 Å². The van der Waals surface area contributed by atoms with Crippen LogP contribution in [0.4, 0.5) is 5.82 Å². The maximum Gasteiger partial charge on any atom is 0.135 e. The van der Waals surface area contributed by atoms with Gasteiger partial charge in [-0.15, -0.1) is 0 Å². The van der Waals surface area contributed by atoms with E-state index in [1.807, 2.05) is 0 Å². The Hall–Kier alpha value is -1.98. The van der Waals surface area contributed by atoms with Crippen molar-refractivity contribution in [2.75, 3.05) is 31.1 Å². The molecule has 1 unspecified atom stereocenters. The lowest BCUT2D eigenvalue weighted by Crippen LogP contribution is -2.44. The number of anilines is 1. The molecular formula is C21H26N4O. The van der Waals surface area contributed by atoms with Crippen molar-refractivity contribution in [1.29, 1.82) is 0 Å². The number of hydrogen-bond acceptors (Lipinski definition) is 5. The van der Waals surface area contributed by atoms with Gasteiger partial charge in [0.15, 0.2) is 0 Å². The fourth-order valence-electron chi connectivity index (χ4n) is 4.88. The molecule has 1 atom stereocenters. The van der Waals surface area contributed by atoms with E-state index in [1.54, 1.807) is 6.33 Å². The Labute approximate surface area is 154 Å². The van der Waals surface area contributed by atoms with Crippen LogP contribution in [0.2, 0.25) is 0 Å². The molecular weight excluding hydrogens is 324 g/mol. The number of nitrogens with one attached hydrogen (secondary N) is 1. The number of ether oxygens (including phenoxy) is 1. The molecule has 0 saturated carbocycles. The number of piperazine rings is 1. The highest BCUT2D eigenvalue weighted by atomic mass is 16.5. The van der Waals surface area contributed by atoms with E-state index in [0.29, 0.717) is 5.92 Å². The summed E-state index contributed by atoms with van der Waals surface area (Å²) >= 11 is 0. The number of nitrogens with zero attached hydrogens (tertiary/aromatic N) is 3. The van der Waals surface area contributed by atoms with Crippen molar-refractivity contribution in [3.05, 3.63) is 52.0 Å². The Morgan fingerprint density at radius 3 is 2.88 bits per heavy atom. The third-order valence-corrected chi connectivity index (χ3v) is 6.20. The Morgan fingerprint density at radius 2 is 2.00 bits per heavy atom. The molecule has 0 radical (unpaired) electrons. The van der Waals surface area contributed by atoms with E-state index < -0.39 is 0 Å². The summed E-state index contributed by atoms with van der Waals surface area (Å²) < 4.78 is 5.73. The van der Waals surface area contributed by atoms with Crippen LogP contribution >= 0.6 is 0 Å². The smallest absolute Gasteiger partial charge is 0.135 e. The van der Waals surface area contributed by atoms with Crippen LogP contribution in [0.25, 0.3) is 0 Å². The molecule has 2 aromatic rings. The van der Waals surface area contributed by atoms with Gasteiger partial charge in [-0.3, -0.25) is 0 Å². The standard InChI is InChI=1S/C21H26N4O/c1-14-2-3-16-11-26-12-18(16)20(14)15-4-5-17-19(10-15)23-13-24-21(17)25-8-6-22-7-9-25/h2-3,13,15,22H,4-12H2,1H3. The highest BCUT2D eigenvalue weighted by Gasteiger charge is 2.30. The molecule has 1 aliphatic carbocycles. The number of rotatable bonds is 2. The van der Waals surface area contributed by atoms with E-state index in [0.717, 1.165) is 52.2 Å². The summed E-state index contributed by atoms with van der Waals surface area (Å²) in [4.78, 5) is 11.8. The molecule has 5 nitrogen and oxygen atoms in total. The minimum atomic E-state index is 0.546. The van der Waals surface area contributed by atoms with Gasteiger partial charge in [0.05, 0.1) is 13.2 Å². The van der Waals surface area contributed by atoms with Gasteiger partial charge < -0.3 is 15.0 Å². The maximum absolute atomic E-state index is 5.73. The first kappa shape index (κ1) is 16.2. The molecule has 1 aromatic carbocycles. The summed E-state index contributed by atoms with van der Waals surface area (Å²) in [6.07, 6.45) is 5.04. The van der Waals surface area contributed by atoms with Crippen LogP contribution in [0.3, 0.4) is 0 Å². The number of aromatic nitrogens is 2. The lowest BCUT2D eigenvalue weighted by Gasteiger charge is -2.33. The fourth-order valence-corrected chi connectivity index (χ4v) is 4.88. The first-order valence-corrected chi connectivity index (χ1v) is 9.78. The Bertz CT molecular complexity index is 829. The average molecular weight is 350 g/mol. The van der Waals surface area contributed by atoms with Gasteiger partial charge in [0, 0.05) is 37.4 Å². The summed E-state index contributed by atoms with van der Waals surface area (Å²) in [6.45, 7) is 7.93. The SMILES string of the molecule is Cc1ccc2c(c1C1CCc3c(ncnc3N3CCNCC3)C1)COC2. The highest BCUT2D eigenvalue weighted by molar-refractivity contribution is 5.52. The zero-order valence-electron chi connectivity index (χ0n) is 15.4. The molecule has 1 fully saturated rings. The fraction of sp³-hybridized carbons (Fsp3) is 0.524. The maximum atomic E-state index is 5.73. The molecule has 1 N–H and O–H groups in total. The molecule has 1 aromatic heterocycles. The van der Waals surface area contributed by atoms with Gasteiger partial charge in [0.25, 0.3) is 0 Å². The second kappa shape index (κ2) is 6.63. The lowest BCUT2D eigenvalue weighted by atomic mass is 9.78. The quantitative estimate of drug-likeness (QED) is 0.902. The molecule has 3 heterocycles. The van der Waals surface area contributed by atoms with Gasteiger partial charge in [0.2, 0.25) is 0 Å². The summed E-state index contributed by atoms with van der Waals surface area (Å²) in [5.41, 5.74) is 8.37. The molecule has 136 valence electrons. The summed E-state index contributed by atoms with van der Waals surface area (Å²) in [7, 11) is 0. The number of fused-ring (bicyclic) bond motifs is 2. The van der Waals surface area contributed by atoms with E-state index in [2.05, 4.69) is 39.2 Å². The van der Waals surface area contributed by atoms with E-state index in [4.69, 9.17) is 4.74 Å². The number of aryl methyl sites for hydroxylation is 1. The minimum Gasteiger partial charge on any atom is -0.372 e. The van der Waals surface area contributed by atoms with Crippen LogP contribution in [0.5, 0.6) is 0 Å². The molecule has 3 aliphatic rings. The normalized spacial score (nSPS) is 22.2. The van der Waals surface area contributed by atoms with Crippen molar-refractivity contribution >= 4 is 5.82 Å². The predicted molar refractivity (Wildman–Crippen MR) is 102 cm³/mol. The number of hydrogen-bond donors (Lipinski definition) is 1. The molecule has 5 heteroatoms. The monoisotopic (exact) mass is 350 g/mol. The van der Waals surface area contributed by atoms with Crippen molar-refractivity contribution in [1.82, 2.24) is 15.3 Å². The van der Waals surface area contributed by atoms with Gasteiger partial charge >= 0.3 is 0 Å². The third kappa shape index (κ3) is 2.70. The highest BCUT2D eigenvalue weighted by Crippen LogP contribution is 2.40. The second-order valence-electron chi connectivity index (χ2n) is 7.73. The van der Waals surface area contributed by atoms with E-state index in [1.165, 1.54) is 45.7 Å². The van der Waals surface area contributed by atoms with E-state index in [9.17, 15) is 0 Å². The molecule has 0 amide bonds. The van der Waals surface area contributed by atoms with Crippen molar-refractivity contribution in [3.8, 4) is 0 Å². The van der Waals surface area contributed by atoms with Crippen LogP contribution in [-0.2, 0) is 30.8 Å². The van der Waals surface area contributed by atoms with Crippen LogP contribution in [0, 0.1) is 6.92 Å². The Morgan fingerprint density at radius 1 is 1.12 bits per heavy atom. The minimum absolute atomic E-state index is 0.546. The topological polar surface area (TPSA) is 50.3 Å². The molecule has 5 rings (SSSR count). The molecule has 26 heavy (non-hydrogen) atoms. The second-order valence-corrected chi connectivity index (χ2v) is 7.73. The zero-order valence-corrected chi connectivity index (χ0v) is 15.4. The van der Waals surface area contributed by atoms with Crippen molar-refractivity contribution < 1.29 is 4.74 Å². The molecule has 0 spiro atoms. The van der Waals surface area contributed by atoms with E-state index >= 15 is 0 Å². The van der Waals surface area contributed by atoms with Crippen LogP contribution in [-0.4, -0.2) is 36.1 Å². The van der Waals surface area contributed by atoms with Crippen molar-refractivity contribution in [2.24, 2.45) is 0 Å². The van der Waals surface area contributed by atoms with Gasteiger partial charge in [-0.1, -0.05) is 12.1 Å². The summed E-state index contributed by atoms with van der Waals surface area (Å²) in [5, 5.41) is 3.43. The van der Waals surface area contributed by atoms with E-state index in [-0.39, 0.29) is 0 Å². The number of benzene rings is 1. The summed E-state index contributed by atoms with van der Waals surface area (Å²) in [6, 6.07) is 4.51. The van der Waals surface area contributed by atoms with Crippen LogP contribution < -0.4 is 10.2 Å². The average Bonchev–Trinajstić information content (AvgIpc) is 3.16. The van der Waals surface area contributed by atoms with Crippen molar-refractivity contribution in [2.45, 2.75) is 45.3 Å². The Kier molecular flexibility index (Phi) is 4.14. The largest absolute Gasteiger partial charge is 0.372 e. The predicted octanol–water partition coefficient (Wildman–Crippen LogP) is 2.50. The van der Waals surface area contributed by atoms with Gasteiger partial charge in [-0.25, -0.2) is 9.97 Å². The molecule has 0 bridgehead atoms. The van der Waals surface area contributed by atoms with Crippen LogP contribution in [0.1, 0.15) is 45.8 Å². The van der Waals surface area contributed by atoms with Crippen LogP contribution in [0.15, 0.2) is 18.5 Å². The zero-order chi connectivity index (χ0) is 17.5. The molecule has 2 aliphatic heterocycles. The first-order chi connectivity index (χ1) is 12.8. The lowest BCUT2D eigenvalue weighted by molar-refractivity contribution is 0.134. The van der Waals surface area contributed by atoms with Gasteiger partial charge in [-0.05, 0) is 54.4 Å². The summed E-state index contributed by atoms with van der Waals surface area (Å²) in [5.74, 6) is 1.72. The van der Waals surface area contributed by atoms with Gasteiger partial charge in [0.1, 0.15) is 12.1 Å². The molecule has 1 saturated heterocycles. The Balaban J connectivity index is 1.47. The third-order valence-electron chi connectivity index (χ3n) is 6.20. The first-order valence-electron chi connectivity index (χ1n) is 9.78. The van der Waals surface area contributed by atoms with Gasteiger partial charge in [-0.2, -0.15) is 0 Å².